The van der Waals surface area contributed by atoms with E-state index in [1.165, 1.54) is 11.1 Å². The van der Waals surface area contributed by atoms with E-state index in [2.05, 4.69) is 46.4 Å². The van der Waals surface area contributed by atoms with Crippen molar-refractivity contribution in [2.45, 2.75) is 13.8 Å². The molecule has 0 saturated carbocycles. The normalized spacial score (nSPS) is 11.0. The van der Waals surface area contributed by atoms with Crippen LogP contribution in [0.5, 0.6) is 0 Å². The summed E-state index contributed by atoms with van der Waals surface area (Å²) in [6.45, 7) is 4.13. The van der Waals surface area contributed by atoms with Crippen LogP contribution < -0.4 is 5.32 Å². The molecule has 0 bridgehead atoms. The second-order valence-electron chi connectivity index (χ2n) is 4.74. The van der Waals surface area contributed by atoms with Crippen LogP contribution >= 0.6 is 11.6 Å². The molecule has 0 spiro atoms. The van der Waals surface area contributed by atoms with Gasteiger partial charge in [-0.3, -0.25) is 0 Å². The number of anilines is 2. The average molecular weight is 288 g/mol. The maximum Gasteiger partial charge on any atom is 0.224 e. The van der Waals surface area contributed by atoms with Crippen LogP contribution in [0.3, 0.4) is 0 Å². The highest BCUT2D eigenvalue weighted by molar-refractivity contribution is 6.28. The van der Waals surface area contributed by atoms with Crippen LogP contribution in [0.4, 0.5) is 11.5 Å². The van der Waals surface area contributed by atoms with Gasteiger partial charge >= 0.3 is 0 Å². The maximum absolute atomic E-state index is 5.83. The summed E-state index contributed by atoms with van der Waals surface area (Å²) in [5.74, 6) is 0.733. The first kappa shape index (κ1) is 12.9. The van der Waals surface area contributed by atoms with Crippen molar-refractivity contribution in [2.75, 3.05) is 5.32 Å². The fourth-order valence-electron chi connectivity index (χ4n) is 2.24. The number of para-hydroxylation sites is 1. The van der Waals surface area contributed by atoms with E-state index < -0.39 is 0 Å². The summed E-state index contributed by atoms with van der Waals surface area (Å²) in [6, 6.07) is 6.16. The van der Waals surface area contributed by atoms with E-state index in [4.69, 9.17) is 11.6 Å². The quantitative estimate of drug-likeness (QED) is 0.734. The third-order valence-electron chi connectivity index (χ3n) is 3.28. The third kappa shape index (κ3) is 2.10. The summed E-state index contributed by atoms with van der Waals surface area (Å²) in [6.07, 6.45) is 1.69. The minimum Gasteiger partial charge on any atom is -0.338 e. The van der Waals surface area contributed by atoms with Gasteiger partial charge in [-0.15, -0.1) is 0 Å². The van der Waals surface area contributed by atoms with Crippen molar-refractivity contribution < 1.29 is 0 Å². The molecule has 0 saturated heterocycles. The summed E-state index contributed by atoms with van der Waals surface area (Å²) >= 11 is 5.83. The average Bonchev–Trinajstić information content (AvgIpc) is 2.70. The van der Waals surface area contributed by atoms with Crippen LogP contribution in [0.15, 0.2) is 24.4 Å². The largest absolute Gasteiger partial charge is 0.338 e. The number of halogens is 1. The molecule has 1 N–H and O–H groups in total. The van der Waals surface area contributed by atoms with Gasteiger partial charge in [0, 0.05) is 18.9 Å². The number of rotatable bonds is 2. The Labute approximate surface area is 121 Å². The molecule has 20 heavy (non-hydrogen) atoms. The zero-order chi connectivity index (χ0) is 14.3. The molecule has 2 aromatic heterocycles. The van der Waals surface area contributed by atoms with Gasteiger partial charge in [-0.25, -0.2) is 9.67 Å². The Morgan fingerprint density at radius 3 is 2.60 bits per heavy atom. The van der Waals surface area contributed by atoms with Crippen LogP contribution in [0, 0.1) is 13.8 Å². The van der Waals surface area contributed by atoms with Crippen molar-refractivity contribution >= 4 is 34.1 Å². The lowest BCUT2D eigenvalue weighted by Gasteiger charge is -2.10. The van der Waals surface area contributed by atoms with E-state index in [0.717, 1.165) is 16.9 Å². The highest BCUT2D eigenvalue weighted by Gasteiger charge is 2.12. The maximum atomic E-state index is 5.83. The number of benzene rings is 1. The van der Waals surface area contributed by atoms with Crippen LogP contribution in [0.25, 0.3) is 11.0 Å². The summed E-state index contributed by atoms with van der Waals surface area (Å²) < 4.78 is 1.69. The van der Waals surface area contributed by atoms with Crippen molar-refractivity contribution in [1.82, 2.24) is 19.7 Å². The second kappa shape index (κ2) is 4.76. The molecule has 0 unspecified atom stereocenters. The second-order valence-corrected chi connectivity index (χ2v) is 5.08. The molecule has 0 aliphatic heterocycles. The molecule has 0 radical (unpaired) electrons. The number of aromatic nitrogens is 4. The van der Waals surface area contributed by atoms with E-state index in [1.807, 2.05) is 13.1 Å². The summed E-state index contributed by atoms with van der Waals surface area (Å²) in [7, 11) is 1.83. The van der Waals surface area contributed by atoms with Gasteiger partial charge in [0.2, 0.25) is 5.28 Å². The van der Waals surface area contributed by atoms with Crippen LogP contribution in [0.2, 0.25) is 5.28 Å². The van der Waals surface area contributed by atoms with Gasteiger partial charge in [-0.1, -0.05) is 18.2 Å². The molecule has 0 atom stereocenters. The molecular formula is C14H14ClN5. The fraction of sp³-hybridized carbons (Fsp3) is 0.214. The summed E-state index contributed by atoms with van der Waals surface area (Å²) in [5, 5.41) is 8.89. The Morgan fingerprint density at radius 2 is 1.90 bits per heavy atom. The first-order valence-corrected chi connectivity index (χ1v) is 6.62. The van der Waals surface area contributed by atoms with Gasteiger partial charge in [0.15, 0.2) is 11.5 Å². The zero-order valence-electron chi connectivity index (χ0n) is 11.5. The Bertz CT molecular complexity index is 773. The van der Waals surface area contributed by atoms with Crippen molar-refractivity contribution in [3.8, 4) is 0 Å². The standard InChI is InChI=1S/C14H14ClN5/c1-8-5-4-6-9(2)11(8)17-12-10-7-16-14(15)18-13(10)20(3)19-12/h4-7H,1-3H3,(H,17,19). The van der Waals surface area contributed by atoms with Crippen molar-refractivity contribution in [3.63, 3.8) is 0 Å². The molecule has 2 heterocycles. The molecular weight excluding hydrogens is 274 g/mol. The van der Waals surface area contributed by atoms with Crippen molar-refractivity contribution in [3.05, 3.63) is 40.8 Å². The predicted octanol–water partition coefficient (Wildman–Crippen LogP) is 3.38. The Kier molecular flexibility index (Phi) is 3.06. The number of fused-ring (bicyclic) bond motifs is 1. The van der Waals surface area contributed by atoms with Gasteiger partial charge in [0.05, 0.1) is 5.39 Å². The number of nitrogens with one attached hydrogen (secondary N) is 1. The van der Waals surface area contributed by atoms with Crippen LogP contribution in [0.1, 0.15) is 11.1 Å². The number of hydrogen-bond acceptors (Lipinski definition) is 4. The molecule has 102 valence electrons. The summed E-state index contributed by atoms with van der Waals surface area (Å²) in [5.41, 5.74) is 4.10. The molecule has 5 nitrogen and oxygen atoms in total. The van der Waals surface area contributed by atoms with E-state index in [1.54, 1.807) is 10.9 Å². The van der Waals surface area contributed by atoms with E-state index in [0.29, 0.717) is 5.65 Å². The molecule has 0 fully saturated rings. The van der Waals surface area contributed by atoms with Crippen molar-refractivity contribution in [1.29, 1.82) is 0 Å². The molecule has 3 aromatic rings. The molecule has 6 heteroatoms. The van der Waals surface area contributed by atoms with Crippen molar-refractivity contribution in [2.24, 2.45) is 7.05 Å². The number of aryl methyl sites for hydroxylation is 3. The predicted molar refractivity (Wildman–Crippen MR) is 80.5 cm³/mol. The fourth-order valence-corrected chi connectivity index (χ4v) is 2.37. The molecule has 0 amide bonds. The third-order valence-corrected chi connectivity index (χ3v) is 3.46. The van der Waals surface area contributed by atoms with Crippen LogP contribution in [-0.2, 0) is 7.05 Å². The number of hydrogen-bond donors (Lipinski definition) is 1. The topological polar surface area (TPSA) is 55.6 Å². The molecule has 3 rings (SSSR count). The lowest BCUT2D eigenvalue weighted by Crippen LogP contribution is -1.98. The monoisotopic (exact) mass is 287 g/mol. The Hall–Kier alpha value is -2.14. The van der Waals surface area contributed by atoms with E-state index in [9.17, 15) is 0 Å². The molecule has 0 aliphatic rings. The summed E-state index contributed by atoms with van der Waals surface area (Å²) in [4.78, 5) is 8.23. The Balaban J connectivity index is 2.12. The van der Waals surface area contributed by atoms with Crippen LogP contribution in [-0.4, -0.2) is 19.7 Å². The zero-order valence-corrected chi connectivity index (χ0v) is 12.2. The molecule has 1 aromatic carbocycles. The van der Waals surface area contributed by atoms with Gasteiger partial charge in [-0.05, 0) is 36.6 Å². The number of nitrogens with zero attached hydrogens (tertiary/aromatic N) is 4. The smallest absolute Gasteiger partial charge is 0.224 e. The highest BCUT2D eigenvalue weighted by atomic mass is 35.5. The van der Waals surface area contributed by atoms with Gasteiger partial charge in [0.1, 0.15) is 0 Å². The minimum absolute atomic E-state index is 0.221. The Morgan fingerprint density at radius 1 is 1.20 bits per heavy atom. The minimum atomic E-state index is 0.221. The van der Waals surface area contributed by atoms with Gasteiger partial charge in [0.25, 0.3) is 0 Å². The van der Waals surface area contributed by atoms with E-state index >= 15 is 0 Å². The molecule has 0 aliphatic carbocycles. The lowest BCUT2D eigenvalue weighted by atomic mass is 10.1. The van der Waals surface area contributed by atoms with Gasteiger partial charge < -0.3 is 5.32 Å². The van der Waals surface area contributed by atoms with Gasteiger partial charge in [-0.2, -0.15) is 10.1 Å². The SMILES string of the molecule is Cc1cccc(C)c1Nc1nn(C)c2nc(Cl)ncc12. The first-order valence-electron chi connectivity index (χ1n) is 6.25. The van der Waals surface area contributed by atoms with E-state index in [-0.39, 0.29) is 5.28 Å². The highest BCUT2D eigenvalue weighted by Crippen LogP contribution is 2.28. The lowest BCUT2D eigenvalue weighted by molar-refractivity contribution is 0.789. The first-order chi connectivity index (χ1) is 9.56.